The van der Waals surface area contributed by atoms with E-state index in [4.69, 9.17) is 4.74 Å². The molecule has 0 heterocycles. The number of hydrogen-bond acceptors (Lipinski definition) is 5. The molecule has 0 aliphatic heterocycles. The van der Waals surface area contributed by atoms with Crippen molar-refractivity contribution in [2.45, 2.75) is 36.7 Å². The third-order valence-electron chi connectivity index (χ3n) is 4.37. The molecule has 0 saturated heterocycles. The Balaban J connectivity index is 1.80. The maximum Gasteiger partial charge on any atom is 0.283 e. The number of anilines is 1. The zero-order valence-corrected chi connectivity index (χ0v) is 15.3. The molecule has 2 aromatic rings. The summed E-state index contributed by atoms with van der Waals surface area (Å²) in [6.07, 6.45) is 6.29. The van der Waals surface area contributed by atoms with Crippen molar-refractivity contribution in [3.63, 3.8) is 0 Å². The molecule has 1 saturated carbocycles. The van der Waals surface area contributed by atoms with Crippen LogP contribution in [0.5, 0.6) is 5.75 Å². The van der Waals surface area contributed by atoms with Crippen LogP contribution in [0.3, 0.4) is 0 Å². The van der Waals surface area contributed by atoms with E-state index in [9.17, 15) is 14.9 Å². The van der Waals surface area contributed by atoms with Crippen LogP contribution >= 0.6 is 11.8 Å². The first-order valence-corrected chi connectivity index (χ1v) is 9.70. The molecule has 1 aliphatic rings. The van der Waals surface area contributed by atoms with Crippen LogP contribution in [0.2, 0.25) is 0 Å². The van der Waals surface area contributed by atoms with Gasteiger partial charge >= 0.3 is 0 Å². The van der Waals surface area contributed by atoms with Gasteiger partial charge in [-0.15, -0.1) is 11.8 Å². The van der Waals surface area contributed by atoms with Crippen LogP contribution in [0.25, 0.3) is 0 Å². The topological polar surface area (TPSA) is 81.5 Å². The minimum Gasteiger partial charge on any atom is -0.488 e. The molecule has 136 valence electrons. The van der Waals surface area contributed by atoms with Gasteiger partial charge in [0.2, 0.25) is 0 Å². The number of thioether (sulfide) groups is 1. The molecule has 0 spiro atoms. The van der Waals surface area contributed by atoms with Gasteiger partial charge in [-0.1, -0.05) is 12.1 Å². The average molecular weight is 372 g/mol. The van der Waals surface area contributed by atoms with Gasteiger partial charge in [0, 0.05) is 11.6 Å². The highest BCUT2D eigenvalue weighted by Gasteiger charge is 2.20. The summed E-state index contributed by atoms with van der Waals surface area (Å²) in [5, 5.41) is 14.0. The fourth-order valence-corrected chi connectivity index (χ4v) is 3.57. The Morgan fingerprint density at radius 2 is 1.96 bits per heavy atom. The number of carbonyl (C=O) groups is 1. The van der Waals surface area contributed by atoms with E-state index in [0.29, 0.717) is 16.3 Å². The van der Waals surface area contributed by atoms with Crippen molar-refractivity contribution in [2.24, 2.45) is 0 Å². The fraction of sp³-hybridized carbons (Fsp3) is 0.316. The summed E-state index contributed by atoms with van der Waals surface area (Å²) in [7, 11) is 0. The fourth-order valence-electron chi connectivity index (χ4n) is 3.03. The van der Waals surface area contributed by atoms with Crippen LogP contribution in [0.4, 0.5) is 11.4 Å². The lowest BCUT2D eigenvalue weighted by molar-refractivity contribution is -0.387. The number of nitrogens with one attached hydrogen (secondary N) is 1. The highest BCUT2D eigenvalue weighted by Crippen LogP contribution is 2.31. The predicted molar refractivity (Wildman–Crippen MR) is 102 cm³/mol. The third-order valence-corrected chi connectivity index (χ3v) is 5.15. The van der Waals surface area contributed by atoms with E-state index in [1.165, 1.54) is 17.8 Å². The number of nitro groups is 1. The molecule has 1 aliphatic carbocycles. The predicted octanol–water partition coefficient (Wildman–Crippen LogP) is 4.89. The van der Waals surface area contributed by atoms with Gasteiger partial charge in [0.25, 0.3) is 11.6 Å². The van der Waals surface area contributed by atoms with Crippen LogP contribution in [0, 0.1) is 10.1 Å². The molecular formula is C19H20N2O4S. The third kappa shape index (κ3) is 4.16. The van der Waals surface area contributed by atoms with Gasteiger partial charge in [0.1, 0.15) is 5.75 Å². The van der Waals surface area contributed by atoms with Crippen LogP contribution in [-0.4, -0.2) is 23.2 Å². The van der Waals surface area contributed by atoms with Gasteiger partial charge in [0.05, 0.1) is 21.6 Å². The summed E-state index contributed by atoms with van der Waals surface area (Å²) in [4.78, 5) is 23.8. The van der Waals surface area contributed by atoms with Crippen LogP contribution < -0.4 is 10.1 Å². The van der Waals surface area contributed by atoms with Crippen molar-refractivity contribution in [3.05, 3.63) is 58.1 Å². The molecule has 2 aromatic carbocycles. The molecule has 1 fully saturated rings. The molecule has 0 aromatic heterocycles. The van der Waals surface area contributed by atoms with Crippen molar-refractivity contribution in [2.75, 3.05) is 11.6 Å². The lowest BCUT2D eigenvalue weighted by Gasteiger charge is -2.17. The molecule has 3 rings (SSSR count). The number of ether oxygens (including phenoxy) is 1. The molecule has 1 N–H and O–H groups in total. The van der Waals surface area contributed by atoms with Crippen LogP contribution in [0.15, 0.2) is 47.4 Å². The zero-order chi connectivity index (χ0) is 18.5. The second kappa shape index (κ2) is 8.23. The number of amides is 1. The SMILES string of the molecule is CSc1ccc(C(=O)Nc2ccccc2OC2CCCC2)cc1[N+](=O)[O-]. The summed E-state index contributed by atoms with van der Waals surface area (Å²) in [5.41, 5.74) is 0.742. The molecule has 26 heavy (non-hydrogen) atoms. The first-order chi connectivity index (χ1) is 12.6. The quantitative estimate of drug-likeness (QED) is 0.443. The maximum atomic E-state index is 12.6. The van der Waals surface area contributed by atoms with E-state index < -0.39 is 10.8 Å². The summed E-state index contributed by atoms with van der Waals surface area (Å²) >= 11 is 1.27. The van der Waals surface area contributed by atoms with E-state index >= 15 is 0 Å². The van der Waals surface area contributed by atoms with E-state index in [-0.39, 0.29) is 17.4 Å². The number of nitro benzene ring substituents is 1. The number of carbonyl (C=O) groups excluding carboxylic acids is 1. The second-order valence-corrected chi connectivity index (χ2v) is 6.97. The Morgan fingerprint density at radius 1 is 1.23 bits per heavy atom. The summed E-state index contributed by atoms with van der Waals surface area (Å²) < 4.78 is 6.02. The van der Waals surface area contributed by atoms with Gasteiger partial charge in [-0.2, -0.15) is 0 Å². The highest BCUT2D eigenvalue weighted by molar-refractivity contribution is 7.98. The Hall–Kier alpha value is -2.54. The Labute approximate surface area is 156 Å². The van der Waals surface area contributed by atoms with Gasteiger partial charge in [-0.3, -0.25) is 14.9 Å². The largest absolute Gasteiger partial charge is 0.488 e. The first-order valence-electron chi connectivity index (χ1n) is 8.48. The van der Waals surface area contributed by atoms with Crippen LogP contribution in [-0.2, 0) is 0 Å². The van der Waals surface area contributed by atoms with Gasteiger partial charge in [-0.25, -0.2) is 0 Å². The Morgan fingerprint density at radius 3 is 2.65 bits per heavy atom. The molecule has 1 amide bonds. The molecular weight excluding hydrogens is 352 g/mol. The van der Waals surface area contributed by atoms with Gasteiger partial charge < -0.3 is 10.1 Å². The lowest BCUT2D eigenvalue weighted by atomic mass is 10.1. The van der Waals surface area contributed by atoms with Crippen molar-refractivity contribution >= 4 is 29.0 Å². The highest BCUT2D eigenvalue weighted by atomic mass is 32.2. The van der Waals surface area contributed by atoms with E-state index in [2.05, 4.69) is 5.32 Å². The lowest BCUT2D eigenvalue weighted by Crippen LogP contribution is -2.16. The molecule has 6 nitrogen and oxygen atoms in total. The molecule has 0 bridgehead atoms. The number of rotatable bonds is 6. The molecule has 0 radical (unpaired) electrons. The summed E-state index contributed by atoms with van der Waals surface area (Å²) in [5.74, 6) is 0.228. The van der Waals surface area contributed by atoms with Gasteiger partial charge in [-0.05, 0) is 56.2 Å². The Bertz CT molecular complexity index is 819. The minimum absolute atomic E-state index is 0.0689. The zero-order valence-electron chi connectivity index (χ0n) is 14.4. The number of para-hydroxylation sites is 2. The van der Waals surface area contributed by atoms with Crippen LogP contribution in [0.1, 0.15) is 36.0 Å². The van der Waals surface area contributed by atoms with Crippen molar-refractivity contribution in [3.8, 4) is 5.75 Å². The van der Waals surface area contributed by atoms with Crippen molar-refractivity contribution < 1.29 is 14.5 Å². The van der Waals surface area contributed by atoms with Crippen molar-refractivity contribution in [1.29, 1.82) is 0 Å². The number of benzene rings is 2. The van der Waals surface area contributed by atoms with Gasteiger partial charge in [0.15, 0.2) is 0 Å². The average Bonchev–Trinajstić information content (AvgIpc) is 3.15. The van der Waals surface area contributed by atoms with Crippen molar-refractivity contribution in [1.82, 2.24) is 0 Å². The van der Waals surface area contributed by atoms with E-state index in [0.717, 1.165) is 25.7 Å². The first kappa shape index (κ1) is 18.3. The molecule has 0 atom stereocenters. The van der Waals surface area contributed by atoms with E-state index in [1.54, 1.807) is 24.5 Å². The monoisotopic (exact) mass is 372 g/mol. The number of nitrogens with zero attached hydrogens (tertiary/aromatic N) is 1. The summed E-state index contributed by atoms with van der Waals surface area (Å²) in [6.45, 7) is 0. The maximum absolute atomic E-state index is 12.6. The molecule has 0 unspecified atom stereocenters. The van der Waals surface area contributed by atoms with E-state index in [1.807, 2.05) is 18.2 Å². The second-order valence-electron chi connectivity index (χ2n) is 6.12. The Kier molecular flexibility index (Phi) is 5.78. The summed E-state index contributed by atoms with van der Waals surface area (Å²) in [6, 6.07) is 11.8. The smallest absolute Gasteiger partial charge is 0.283 e. The standard InChI is InChI=1S/C19H20N2O4S/c1-26-18-11-10-13(12-16(18)21(23)24)19(22)20-15-8-4-5-9-17(15)25-14-6-2-3-7-14/h4-5,8-12,14H,2-3,6-7H2,1H3,(H,20,22). The number of hydrogen-bond donors (Lipinski definition) is 1. The molecule has 7 heteroatoms. The normalized spacial score (nSPS) is 14.2. The minimum atomic E-state index is -0.472.